The zero-order chi connectivity index (χ0) is 27.5. The Morgan fingerprint density at radius 2 is 1.55 bits per heavy atom. The summed E-state index contributed by atoms with van der Waals surface area (Å²) < 4.78 is 28.7. The van der Waals surface area contributed by atoms with Crippen molar-refractivity contribution in [1.29, 1.82) is 0 Å². The molecule has 0 unspecified atom stereocenters. The Bertz CT molecular complexity index is 1300. The largest absolute Gasteiger partial charge is 0.354 e. The Kier molecular flexibility index (Phi) is 10.5. The molecule has 0 aliphatic rings. The summed E-state index contributed by atoms with van der Waals surface area (Å²) in [6, 6.07) is 23.8. The van der Waals surface area contributed by atoms with Crippen LogP contribution in [0.1, 0.15) is 44.2 Å². The van der Waals surface area contributed by atoms with Crippen molar-refractivity contribution >= 4 is 27.5 Å². The van der Waals surface area contributed by atoms with Crippen molar-refractivity contribution in [3.63, 3.8) is 0 Å². The van der Waals surface area contributed by atoms with Crippen LogP contribution >= 0.6 is 0 Å². The first kappa shape index (κ1) is 28.9. The van der Waals surface area contributed by atoms with Gasteiger partial charge in [-0.05, 0) is 55.2 Å². The summed E-state index contributed by atoms with van der Waals surface area (Å²) in [6.45, 7) is 6.04. The molecule has 38 heavy (non-hydrogen) atoms. The van der Waals surface area contributed by atoms with Crippen LogP contribution in [0, 0.1) is 6.92 Å². The molecule has 0 radical (unpaired) electrons. The Labute approximate surface area is 226 Å². The van der Waals surface area contributed by atoms with Crippen LogP contribution in [-0.4, -0.2) is 44.3 Å². The van der Waals surface area contributed by atoms with Crippen molar-refractivity contribution in [1.82, 2.24) is 10.2 Å². The zero-order valence-electron chi connectivity index (χ0n) is 22.3. The minimum Gasteiger partial charge on any atom is -0.354 e. The minimum atomic E-state index is -4.06. The molecule has 1 N–H and O–H groups in total. The second-order valence-electron chi connectivity index (χ2n) is 9.24. The van der Waals surface area contributed by atoms with E-state index in [4.69, 9.17) is 0 Å². The first-order valence-corrected chi connectivity index (χ1v) is 14.5. The van der Waals surface area contributed by atoms with Crippen molar-refractivity contribution in [3.05, 3.63) is 96.1 Å². The van der Waals surface area contributed by atoms with E-state index in [1.54, 1.807) is 36.4 Å². The van der Waals surface area contributed by atoms with Gasteiger partial charge in [-0.25, -0.2) is 8.42 Å². The molecule has 7 nitrogen and oxygen atoms in total. The molecule has 2 amide bonds. The molecule has 1 atom stereocenters. The van der Waals surface area contributed by atoms with Crippen molar-refractivity contribution < 1.29 is 18.0 Å². The lowest BCUT2D eigenvalue weighted by Gasteiger charge is -2.33. The van der Waals surface area contributed by atoms with Gasteiger partial charge < -0.3 is 10.2 Å². The maximum Gasteiger partial charge on any atom is 0.264 e. The van der Waals surface area contributed by atoms with Crippen LogP contribution in [0.2, 0.25) is 0 Å². The lowest BCUT2D eigenvalue weighted by Crippen LogP contribution is -2.52. The van der Waals surface area contributed by atoms with Gasteiger partial charge in [-0.3, -0.25) is 13.9 Å². The number of sulfonamides is 1. The second-order valence-corrected chi connectivity index (χ2v) is 11.1. The molecule has 0 saturated heterocycles. The van der Waals surface area contributed by atoms with Crippen LogP contribution in [0.5, 0.6) is 0 Å². The van der Waals surface area contributed by atoms with Crippen LogP contribution in [0.3, 0.4) is 0 Å². The monoisotopic (exact) mass is 535 g/mol. The van der Waals surface area contributed by atoms with E-state index in [1.165, 1.54) is 17.0 Å². The number of benzene rings is 3. The fourth-order valence-electron chi connectivity index (χ4n) is 4.24. The number of carbonyl (C=O) groups excluding carboxylic acids is 2. The number of amides is 2. The van der Waals surface area contributed by atoms with Gasteiger partial charge in [0.25, 0.3) is 10.0 Å². The lowest BCUT2D eigenvalue weighted by atomic mass is 10.1. The van der Waals surface area contributed by atoms with Crippen LogP contribution in [0.15, 0.2) is 89.8 Å². The highest BCUT2D eigenvalue weighted by atomic mass is 32.2. The average molecular weight is 536 g/mol. The van der Waals surface area contributed by atoms with Gasteiger partial charge >= 0.3 is 0 Å². The molecule has 0 bridgehead atoms. The van der Waals surface area contributed by atoms with Gasteiger partial charge in [-0.2, -0.15) is 0 Å². The predicted molar refractivity (Wildman–Crippen MR) is 151 cm³/mol. The third-order valence-electron chi connectivity index (χ3n) is 6.31. The summed E-state index contributed by atoms with van der Waals surface area (Å²) in [5, 5.41) is 2.94. The molecular weight excluding hydrogens is 498 g/mol. The number of carbonyl (C=O) groups is 2. The van der Waals surface area contributed by atoms with Gasteiger partial charge in [0, 0.05) is 13.1 Å². The van der Waals surface area contributed by atoms with E-state index in [1.807, 2.05) is 57.2 Å². The van der Waals surface area contributed by atoms with E-state index in [2.05, 4.69) is 5.32 Å². The highest BCUT2D eigenvalue weighted by Crippen LogP contribution is 2.25. The fraction of sp³-hybridized carbons (Fsp3) is 0.333. The molecule has 3 rings (SSSR count). The molecule has 0 heterocycles. The fourth-order valence-corrected chi connectivity index (χ4v) is 5.66. The Morgan fingerprint density at radius 3 is 2.16 bits per heavy atom. The molecule has 0 fully saturated rings. The average Bonchev–Trinajstić information content (AvgIpc) is 2.92. The molecule has 202 valence electrons. The van der Waals surface area contributed by atoms with Crippen molar-refractivity contribution in [3.8, 4) is 0 Å². The van der Waals surface area contributed by atoms with Crippen LogP contribution in [0.4, 0.5) is 5.69 Å². The van der Waals surface area contributed by atoms with Crippen molar-refractivity contribution in [2.75, 3.05) is 17.4 Å². The van der Waals surface area contributed by atoms with E-state index >= 15 is 0 Å². The third-order valence-corrected chi connectivity index (χ3v) is 8.10. The summed E-state index contributed by atoms with van der Waals surface area (Å²) in [7, 11) is -4.06. The van der Waals surface area contributed by atoms with E-state index < -0.39 is 28.5 Å². The van der Waals surface area contributed by atoms with E-state index in [9.17, 15) is 18.0 Å². The second kappa shape index (κ2) is 13.8. The molecule has 0 aliphatic carbocycles. The first-order chi connectivity index (χ1) is 18.3. The van der Waals surface area contributed by atoms with Crippen LogP contribution in [0.25, 0.3) is 0 Å². The number of anilines is 1. The van der Waals surface area contributed by atoms with Crippen molar-refractivity contribution in [2.24, 2.45) is 0 Å². The van der Waals surface area contributed by atoms with Gasteiger partial charge in [0.05, 0.1) is 10.6 Å². The van der Waals surface area contributed by atoms with E-state index in [0.29, 0.717) is 18.7 Å². The standard InChI is InChI=1S/C30H37N3O4S/c1-4-6-20-31-30(35)28(5-2)32(22-25-15-9-7-10-16-25)29(34)23-33(26-17-13-14-24(3)21-26)38(36,37)27-18-11-8-12-19-27/h7-19,21,28H,4-6,20,22-23H2,1-3H3,(H,31,35)/t28-/m1/s1. The molecule has 0 spiro atoms. The molecular formula is C30H37N3O4S. The summed E-state index contributed by atoms with van der Waals surface area (Å²) in [5.74, 6) is -0.689. The number of nitrogens with zero attached hydrogens (tertiary/aromatic N) is 2. The van der Waals surface area contributed by atoms with Gasteiger partial charge in [0.1, 0.15) is 12.6 Å². The van der Waals surface area contributed by atoms with Crippen LogP contribution < -0.4 is 9.62 Å². The van der Waals surface area contributed by atoms with E-state index in [0.717, 1.165) is 28.3 Å². The van der Waals surface area contributed by atoms with Gasteiger partial charge in [0.2, 0.25) is 11.8 Å². The van der Waals surface area contributed by atoms with Gasteiger partial charge in [-0.15, -0.1) is 0 Å². The minimum absolute atomic E-state index is 0.0910. The molecule has 8 heteroatoms. The number of nitrogens with one attached hydrogen (secondary N) is 1. The topological polar surface area (TPSA) is 86.8 Å². The molecule has 0 aliphatic heterocycles. The summed E-state index contributed by atoms with van der Waals surface area (Å²) >= 11 is 0. The smallest absolute Gasteiger partial charge is 0.264 e. The molecule has 0 saturated carbocycles. The SMILES string of the molecule is CCCCNC(=O)[C@@H](CC)N(Cc1ccccc1)C(=O)CN(c1cccc(C)c1)S(=O)(=O)c1ccccc1. The van der Waals surface area contributed by atoms with Crippen LogP contribution in [-0.2, 0) is 26.2 Å². The van der Waals surface area contributed by atoms with Crippen molar-refractivity contribution in [2.45, 2.75) is 57.5 Å². The molecule has 3 aromatic rings. The summed E-state index contributed by atoms with van der Waals surface area (Å²) in [6.07, 6.45) is 2.17. The number of rotatable bonds is 13. The molecule has 3 aromatic carbocycles. The number of hydrogen-bond acceptors (Lipinski definition) is 4. The highest BCUT2D eigenvalue weighted by Gasteiger charge is 2.33. The maximum absolute atomic E-state index is 14.0. The Hall–Kier alpha value is -3.65. The first-order valence-electron chi connectivity index (χ1n) is 13.0. The summed E-state index contributed by atoms with van der Waals surface area (Å²) in [4.78, 5) is 28.7. The van der Waals surface area contributed by atoms with Gasteiger partial charge in [0.15, 0.2) is 0 Å². The zero-order valence-corrected chi connectivity index (χ0v) is 23.2. The number of hydrogen-bond donors (Lipinski definition) is 1. The Morgan fingerprint density at radius 1 is 0.895 bits per heavy atom. The van der Waals surface area contributed by atoms with E-state index in [-0.39, 0.29) is 17.3 Å². The quantitative estimate of drug-likeness (QED) is 0.315. The third kappa shape index (κ3) is 7.44. The highest BCUT2D eigenvalue weighted by molar-refractivity contribution is 7.92. The van der Waals surface area contributed by atoms with Gasteiger partial charge in [-0.1, -0.05) is 80.9 Å². The lowest BCUT2D eigenvalue weighted by molar-refractivity contribution is -0.140. The molecule has 0 aromatic heterocycles. The predicted octanol–water partition coefficient (Wildman–Crippen LogP) is 4.91. The number of aryl methyl sites for hydroxylation is 1. The number of unbranched alkanes of at least 4 members (excludes halogenated alkanes) is 1. The normalized spacial score (nSPS) is 12.0. The maximum atomic E-state index is 14.0. The summed E-state index contributed by atoms with van der Waals surface area (Å²) in [5.41, 5.74) is 2.11. The Balaban J connectivity index is 2.01.